The molecule has 7 heteroatoms. The maximum absolute atomic E-state index is 13.0. The lowest BCUT2D eigenvalue weighted by atomic mass is 10.1. The second-order valence-electron chi connectivity index (χ2n) is 7.03. The summed E-state index contributed by atoms with van der Waals surface area (Å²) >= 11 is 0. The van der Waals surface area contributed by atoms with E-state index < -0.39 is 6.10 Å². The Bertz CT molecular complexity index is 1040. The maximum atomic E-state index is 13.0. The molecule has 2 heterocycles. The molecule has 1 atom stereocenters. The van der Waals surface area contributed by atoms with Gasteiger partial charge in [-0.1, -0.05) is 6.07 Å². The zero-order valence-corrected chi connectivity index (χ0v) is 16.2. The Hall–Kier alpha value is -3.45. The molecule has 1 saturated heterocycles. The minimum atomic E-state index is -0.434. The predicted molar refractivity (Wildman–Crippen MR) is 109 cm³/mol. The number of benzene rings is 2. The van der Waals surface area contributed by atoms with Gasteiger partial charge in [-0.3, -0.25) is 9.59 Å². The average molecular weight is 408 g/mol. The van der Waals surface area contributed by atoms with Gasteiger partial charge in [0.1, 0.15) is 23.4 Å². The van der Waals surface area contributed by atoms with Crippen molar-refractivity contribution in [2.75, 3.05) is 11.9 Å². The largest absolute Gasteiger partial charge is 0.459 e. The first kappa shape index (κ1) is 19.8. The SMILES string of the molecule is O=C(NCc1ccc(-c2ccc(F)cc2)o1)c1cccc(NC(=O)[C@H]2CCCO2)c1. The van der Waals surface area contributed by atoms with Crippen molar-refractivity contribution in [1.82, 2.24) is 5.32 Å². The maximum Gasteiger partial charge on any atom is 0.253 e. The van der Waals surface area contributed by atoms with Gasteiger partial charge in [0, 0.05) is 23.4 Å². The van der Waals surface area contributed by atoms with Gasteiger partial charge in [0.15, 0.2) is 0 Å². The van der Waals surface area contributed by atoms with E-state index in [0.717, 1.165) is 12.0 Å². The summed E-state index contributed by atoms with van der Waals surface area (Å²) in [5, 5.41) is 5.58. The molecule has 0 bridgehead atoms. The minimum Gasteiger partial charge on any atom is -0.459 e. The van der Waals surface area contributed by atoms with Crippen LogP contribution >= 0.6 is 0 Å². The lowest BCUT2D eigenvalue weighted by Gasteiger charge is -2.11. The van der Waals surface area contributed by atoms with Gasteiger partial charge in [-0.2, -0.15) is 0 Å². The standard InChI is InChI=1S/C23H21FN2O4/c24-17-8-6-15(7-9-17)20-11-10-19(30-20)14-25-22(27)16-3-1-4-18(13-16)26-23(28)21-5-2-12-29-21/h1,3-4,6-11,13,21H,2,5,12,14H2,(H,25,27)(H,26,28)/t21-/m1/s1. The molecule has 2 aromatic carbocycles. The molecule has 1 aliphatic rings. The number of rotatable bonds is 6. The van der Waals surface area contributed by atoms with E-state index in [-0.39, 0.29) is 24.2 Å². The van der Waals surface area contributed by atoms with Gasteiger partial charge in [-0.15, -0.1) is 0 Å². The van der Waals surface area contributed by atoms with Crippen molar-refractivity contribution in [2.24, 2.45) is 0 Å². The molecule has 1 fully saturated rings. The van der Waals surface area contributed by atoms with Crippen LogP contribution in [0, 0.1) is 5.82 Å². The van der Waals surface area contributed by atoms with Crippen molar-refractivity contribution in [1.29, 1.82) is 0 Å². The van der Waals surface area contributed by atoms with Gasteiger partial charge in [0.25, 0.3) is 11.8 Å². The monoisotopic (exact) mass is 408 g/mol. The second kappa shape index (κ2) is 8.92. The van der Waals surface area contributed by atoms with Gasteiger partial charge >= 0.3 is 0 Å². The van der Waals surface area contributed by atoms with Crippen molar-refractivity contribution in [3.8, 4) is 11.3 Å². The van der Waals surface area contributed by atoms with Crippen molar-refractivity contribution >= 4 is 17.5 Å². The number of nitrogens with one attached hydrogen (secondary N) is 2. The van der Waals surface area contributed by atoms with Crippen LogP contribution in [0.25, 0.3) is 11.3 Å². The first-order chi connectivity index (χ1) is 14.6. The van der Waals surface area contributed by atoms with Gasteiger partial charge in [0.05, 0.1) is 6.54 Å². The van der Waals surface area contributed by atoms with E-state index in [9.17, 15) is 14.0 Å². The molecule has 0 saturated carbocycles. The Kier molecular flexibility index (Phi) is 5.90. The number of furan rings is 1. The number of hydrogen-bond acceptors (Lipinski definition) is 4. The minimum absolute atomic E-state index is 0.200. The average Bonchev–Trinajstić information content (AvgIpc) is 3.45. The van der Waals surface area contributed by atoms with Crippen LogP contribution in [0.15, 0.2) is 65.1 Å². The molecular formula is C23H21FN2O4. The number of ether oxygens (including phenoxy) is 1. The third kappa shape index (κ3) is 4.75. The van der Waals surface area contributed by atoms with Gasteiger partial charge in [-0.05, 0) is 67.4 Å². The number of halogens is 1. The smallest absolute Gasteiger partial charge is 0.253 e. The van der Waals surface area contributed by atoms with Gasteiger partial charge in [0.2, 0.25) is 0 Å². The summed E-state index contributed by atoms with van der Waals surface area (Å²) in [6.45, 7) is 0.794. The van der Waals surface area contributed by atoms with E-state index in [1.165, 1.54) is 12.1 Å². The lowest BCUT2D eigenvalue weighted by molar-refractivity contribution is -0.124. The normalized spacial score (nSPS) is 15.7. The molecule has 30 heavy (non-hydrogen) atoms. The van der Waals surface area contributed by atoms with E-state index in [0.29, 0.717) is 35.8 Å². The van der Waals surface area contributed by atoms with Crippen LogP contribution in [0.2, 0.25) is 0 Å². The van der Waals surface area contributed by atoms with Crippen LogP contribution in [-0.2, 0) is 16.1 Å². The van der Waals surface area contributed by atoms with Crippen LogP contribution in [0.4, 0.5) is 10.1 Å². The molecule has 2 N–H and O–H groups in total. The quantitative estimate of drug-likeness (QED) is 0.643. The molecule has 154 valence electrons. The van der Waals surface area contributed by atoms with Crippen molar-refractivity contribution in [3.05, 3.63) is 77.8 Å². The summed E-state index contributed by atoms with van der Waals surface area (Å²) in [7, 11) is 0. The van der Waals surface area contributed by atoms with E-state index in [4.69, 9.17) is 9.15 Å². The highest BCUT2D eigenvalue weighted by Gasteiger charge is 2.23. The number of anilines is 1. The van der Waals surface area contributed by atoms with Crippen LogP contribution in [-0.4, -0.2) is 24.5 Å². The topological polar surface area (TPSA) is 80.6 Å². The third-order valence-electron chi connectivity index (χ3n) is 4.83. The molecule has 0 spiro atoms. The van der Waals surface area contributed by atoms with Gasteiger partial charge < -0.3 is 19.8 Å². The number of hydrogen-bond donors (Lipinski definition) is 2. The fourth-order valence-corrected chi connectivity index (χ4v) is 3.26. The Morgan fingerprint density at radius 2 is 1.90 bits per heavy atom. The van der Waals surface area contributed by atoms with E-state index in [2.05, 4.69) is 10.6 Å². The summed E-state index contributed by atoms with van der Waals surface area (Å²) in [6.07, 6.45) is 1.14. The van der Waals surface area contributed by atoms with E-state index >= 15 is 0 Å². The molecule has 1 aliphatic heterocycles. The summed E-state index contributed by atoms with van der Waals surface area (Å²) in [4.78, 5) is 24.7. The molecule has 6 nitrogen and oxygen atoms in total. The van der Waals surface area contributed by atoms with E-state index in [1.54, 1.807) is 48.5 Å². The zero-order valence-electron chi connectivity index (χ0n) is 16.2. The highest BCUT2D eigenvalue weighted by molar-refractivity contribution is 5.98. The first-order valence-electron chi connectivity index (χ1n) is 9.74. The predicted octanol–water partition coefficient (Wildman–Crippen LogP) is 4.13. The van der Waals surface area contributed by atoms with Crippen molar-refractivity contribution in [3.63, 3.8) is 0 Å². The van der Waals surface area contributed by atoms with E-state index in [1.807, 2.05) is 0 Å². The summed E-state index contributed by atoms with van der Waals surface area (Å²) < 4.78 is 24.1. The fraction of sp³-hybridized carbons (Fsp3) is 0.217. The summed E-state index contributed by atoms with van der Waals surface area (Å²) in [5.74, 6) is 0.368. The Morgan fingerprint density at radius 3 is 2.67 bits per heavy atom. The number of amides is 2. The number of carbonyl (C=O) groups excluding carboxylic acids is 2. The highest BCUT2D eigenvalue weighted by atomic mass is 19.1. The molecule has 0 radical (unpaired) electrons. The van der Waals surface area contributed by atoms with Crippen LogP contribution < -0.4 is 10.6 Å². The Balaban J connectivity index is 1.35. The lowest BCUT2D eigenvalue weighted by Crippen LogP contribution is -2.27. The Labute approximate surface area is 173 Å². The third-order valence-corrected chi connectivity index (χ3v) is 4.83. The second-order valence-corrected chi connectivity index (χ2v) is 7.03. The molecule has 0 unspecified atom stereocenters. The zero-order chi connectivity index (χ0) is 20.9. The number of carbonyl (C=O) groups is 2. The molecule has 1 aromatic heterocycles. The summed E-state index contributed by atoms with van der Waals surface area (Å²) in [5.41, 5.74) is 1.72. The van der Waals surface area contributed by atoms with Crippen LogP contribution in [0.1, 0.15) is 29.0 Å². The first-order valence-corrected chi connectivity index (χ1v) is 9.74. The van der Waals surface area contributed by atoms with Crippen LogP contribution in [0.3, 0.4) is 0 Å². The fourth-order valence-electron chi connectivity index (χ4n) is 3.26. The molecule has 4 rings (SSSR count). The molecule has 2 amide bonds. The Morgan fingerprint density at radius 1 is 1.07 bits per heavy atom. The molecule has 0 aliphatic carbocycles. The highest BCUT2D eigenvalue weighted by Crippen LogP contribution is 2.22. The molecular weight excluding hydrogens is 387 g/mol. The van der Waals surface area contributed by atoms with Crippen LogP contribution in [0.5, 0.6) is 0 Å². The summed E-state index contributed by atoms with van der Waals surface area (Å²) in [6, 6.07) is 16.3. The van der Waals surface area contributed by atoms with Crippen molar-refractivity contribution < 1.29 is 23.1 Å². The van der Waals surface area contributed by atoms with Crippen molar-refractivity contribution in [2.45, 2.75) is 25.5 Å². The van der Waals surface area contributed by atoms with Gasteiger partial charge in [-0.25, -0.2) is 4.39 Å². The molecule has 3 aromatic rings.